The van der Waals surface area contributed by atoms with Crippen LogP contribution in [0.15, 0.2) is 18.2 Å². The maximum atomic E-state index is 13.8. The number of benzene rings is 1. The van der Waals surface area contributed by atoms with Gasteiger partial charge >= 0.3 is 0 Å². The second-order valence-electron chi connectivity index (χ2n) is 6.41. The Balaban J connectivity index is 0.00000161. The van der Waals surface area contributed by atoms with E-state index in [1.54, 1.807) is 6.07 Å². The van der Waals surface area contributed by atoms with Crippen molar-refractivity contribution in [2.45, 2.75) is 45.2 Å². The van der Waals surface area contributed by atoms with Crippen LogP contribution in [0.3, 0.4) is 0 Å². The lowest BCUT2D eigenvalue weighted by Crippen LogP contribution is -2.40. The smallest absolute Gasteiger partial charge is 0.127 e. The lowest BCUT2D eigenvalue weighted by molar-refractivity contribution is 0.156. The molecular weight excluding hydrogens is 287 g/mol. The number of nitrogens with zero attached hydrogens (tertiary/aromatic N) is 1. The summed E-state index contributed by atoms with van der Waals surface area (Å²) in [5, 5.41) is 3.63. The first kappa shape index (κ1) is 16.7. The van der Waals surface area contributed by atoms with Crippen molar-refractivity contribution >= 4 is 12.4 Å². The van der Waals surface area contributed by atoms with E-state index in [2.05, 4.69) is 10.2 Å². The van der Waals surface area contributed by atoms with Crippen molar-refractivity contribution in [1.29, 1.82) is 0 Å². The van der Waals surface area contributed by atoms with E-state index in [-0.39, 0.29) is 18.2 Å². The predicted molar refractivity (Wildman–Crippen MR) is 87.4 cm³/mol. The number of likely N-dealkylation sites (tertiary alicyclic amines) is 1. The second kappa shape index (κ2) is 7.57. The van der Waals surface area contributed by atoms with Crippen LogP contribution < -0.4 is 5.32 Å². The lowest BCUT2D eigenvalue weighted by Gasteiger charge is -2.35. The molecule has 1 aromatic carbocycles. The van der Waals surface area contributed by atoms with E-state index in [9.17, 15) is 4.39 Å². The van der Waals surface area contributed by atoms with Crippen LogP contribution in [0.5, 0.6) is 0 Å². The third-order valence-corrected chi connectivity index (χ3v) is 4.89. The highest BCUT2D eigenvalue weighted by atomic mass is 35.5. The number of nitrogens with one attached hydrogen (secondary N) is 1. The van der Waals surface area contributed by atoms with Gasteiger partial charge in [-0.3, -0.25) is 4.90 Å². The molecule has 1 N–H and O–H groups in total. The Morgan fingerprint density at radius 2 is 2.00 bits per heavy atom. The van der Waals surface area contributed by atoms with Crippen LogP contribution in [0.4, 0.5) is 4.39 Å². The summed E-state index contributed by atoms with van der Waals surface area (Å²) in [5.74, 6) is 0.770. The summed E-state index contributed by atoms with van der Waals surface area (Å²) in [7, 11) is 0. The first-order valence-electron chi connectivity index (χ1n) is 7.93. The monoisotopic (exact) mass is 312 g/mol. The van der Waals surface area contributed by atoms with Gasteiger partial charge in [0, 0.05) is 18.2 Å². The van der Waals surface area contributed by atoms with Crippen LogP contribution in [0.2, 0.25) is 0 Å². The van der Waals surface area contributed by atoms with Gasteiger partial charge in [-0.15, -0.1) is 12.4 Å². The summed E-state index contributed by atoms with van der Waals surface area (Å²) in [6, 6.07) is 6.17. The highest BCUT2D eigenvalue weighted by Crippen LogP contribution is 2.26. The Morgan fingerprint density at radius 3 is 2.67 bits per heavy atom. The molecule has 2 aliphatic heterocycles. The maximum Gasteiger partial charge on any atom is 0.127 e. The summed E-state index contributed by atoms with van der Waals surface area (Å²) in [6.07, 6.45) is 5.19. The van der Waals surface area contributed by atoms with Crippen LogP contribution >= 0.6 is 12.4 Å². The van der Waals surface area contributed by atoms with Crippen LogP contribution in [0, 0.1) is 18.7 Å². The third-order valence-electron chi connectivity index (χ3n) is 4.89. The Morgan fingerprint density at radius 1 is 1.24 bits per heavy atom. The van der Waals surface area contributed by atoms with E-state index in [0.29, 0.717) is 0 Å². The molecule has 2 nitrogen and oxygen atoms in total. The molecule has 0 bridgehead atoms. The molecule has 4 heteroatoms. The fraction of sp³-hybridized carbons (Fsp3) is 0.647. The Bertz CT molecular complexity index is 452. The molecule has 21 heavy (non-hydrogen) atoms. The Kier molecular flexibility index (Phi) is 6.03. The van der Waals surface area contributed by atoms with E-state index in [4.69, 9.17) is 0 Å². The number of rotatable bonds is 3. The van der Waals surface area contributed by atoms with Gasteiger partial charge in [-0.2, -0.15) is 0 Å². The average molecular weight is 313 g/mol. The van der Waals surface area contributed by atoms with Gasteiger partial charge in [0.05, 0.1) is 0 Å². The molecule has 0 aromatic heterocycles. The average Bonchev–Trinajstić information content (AvgIpc) is 2.98. The van der Waals surface area contributed by atoms with Crippen LogP contribution in [-0.2, 0) is 6.54 Å². The molecule has 1 atom stereocenters. The van der Waals surface area contributed by atoms with Gasteiger partial charge in [-0.25, -0.2) is 4.39 Å². The SMILES string of the molecule is Cc1ccc(F)c(CN2CCC(C3CCCN3)CC2)c1.Cl. The Labute approximate surface area is 133 Å². The predicted octanol–water partition coefficient (Wildman–Crippen LogP) is 3.52. The van der Waals surface area contributed by atoms with E-state index in [0.717, 1.165) is 42.7 Å². The standard InChI is InChI=1S/C17H25FN2.ClH/c1-13-4-5-16(18)15(11-13)12-20-9-6-14(7-10-20)17-3-2-8-19-17;/h4-5,11,14,17,19H,2-3,6-10,12H2,1H3;1H. The molecular formula is C17H26ClFN2. The van der Waals surface area contributed by atoms with Gasteiger partial charge in [0.15, 0.2) is 0 Å². The highest BCUT2D eigenvalue weighted by Gasteiger charge is 2.28. The zero-order chi connectivity index (χ0) is 13.9. The number of halogens is 2. The Hall–Kier alpha value is -0.640. The van der Waals surface area contributed by atoms with Crippen molar-refractivity contribution in [1.82, 2.24) is 10.2 Å². The summed E-state index contributed by atoms with van der Waals surface area (Å²) < 4.78 is 13.8. The summed E-state index contributed by atoms with van der Waals surface area (Å²) in [6.45, 7) is 6.20. The van der Waals surface area contributed by atoms with Crippen molar-refractivity contribution in [3.05, 3.63) is 35.1 Å². The van der Waals surface area contributed by atoms with Crippen LogP contribution in [-0.4, -0.2) is 30.6 Å². The zero-order valence-corrected chi connectivity index (χ0v) is 13.6. The first-order chi connectivity index (χ1) is 9.72. The number of hydrogen-bond donors (Lipinski definition) is 1. The third kappa shape index (κ3) is 4.18. The van der Waals surface area contributed by atoms with Crippen molar-refractivity contribution in [3.8, 4) is 0 Å². The van der Waals surface area contributed by atoms with Gasteiger partial charge in [0.1, 0.15) is 5.82 Å². The molecule has 1 unspecified atom stereocenters. The highest BCUT2D eigenvalue weighted by molar-refractivity contribution is 5.85. The van der Waals surface area contributed by atoms with Crippen molar-refractivity contribution in [3.63, 3.8) is 0 Å². The van der Waals surface area contributed by atoms with E-state index >= 15 is 0 Å². The minimum atomic E-state index is -0.0600. The number of hydrogen-bond acceptors (Lipinski definition) is 2. The second-order valence-corrected chi connectivity index (χ2v) is 6.41. The van der Waals surface area contributed by atoms with Crippen molar-refractivity contribution in [2.24, 2.45) is 5.92 Å². The number of aryl methyl sites for hydroxylation is 1. The summed E-state index contributed by atoms with van der Waals surface area (Å²) in [4.78, 5) is 2.41. The molecule has 2 fully saturated rings. The topological polar surface area (TPSA) is 15.3 Å². The zero-order valence-electron chi connectivity index (χ0n) is 12.8. The van der Waals surface area contributed by atoms with Crippen LogP contribution in [0.25, 0.3) is 0 Å². The minimum absolute atomic E-state index is 0. The fourth-order valence-corrected chi connectivity index (χ4v) is 3.69. The molecule has 2 heterocycles. The molecule has 118 valence electrons. The summed E-state index contributed by atoms with van der Waals surface area (Å²) >= 11 is 0. The van der Waals surface area contributed by atoms with Gasteiger partial charge < -0.3 is 5.32 Å². The molecule has 0 radical (unpaired) electrons. The van der Waals surface area contributed by atoms with E-state index in [1.807, 2.05) is 19.1 Å². The van der Waals surface area contributed by atoms with Gasteiger partial charge in [0.2, 0.25) is 0 Å². The molecule has 0 aliphatic carbocycles. The number of piperidine rings is 1. The normalized spacial score (nSPS) is 24.0. The van der Waals surface area contributed by atoms with Gasteiger partial charge in [-0.05, 0) is 64.2 Å². The largest absolute Gasteiger partial charge is 0.314 e. The lowest BCUT2D eigenvalue weighted by atomic mass is 9.88. The molecule has 2 aliphatic rings. The molecule has 2 saturated heterocycles. The molecule has 0 spiro atoms. The van der Waals surface area contributed by atoms with E-state index < -0.39 is 0 Å². The van der Waals surface area contributed by atoms with Crippen molar-refractivity contribution < 1.29 is 4.39 Å². The first-order valence-corrected chi connectivity index (χ1v) is 7.93. The van der Waals surface area contributed by atoms with E-state index in [1.165, 1.54) is 32.2 Å². The minimum Gasteiger partial charge on any atom is -0.314 e. The van der Waals surface area contributed by atoms with Gasteiger partial charge in [-0.1, -0.05) is 17.7 Å². The van der Waals surface area contributed by atoms with Crippen molar-refractivity contribution in [2.75, 3.05) is 19.6 Å². The fourth-order valence-electron chi connectivity index (χ4n) is 3.69. The summed E-state index contributed by atoms with van der Waals surface area (Å²) in [5.41, 5.74) is 1.99. The molecule has 1 aromatic rings. The van der Waals surface area contributed by atoms with Crippen LogP contribution in [0.1, 0.15) is 36.8 Å². The van der Waals surface area contributed by atoms with Gasteiger partial charge in [0.25, 0.3) is 0 Å². The quantitative estimate of drug-likeness (QED) is 0.918. The molecule has 3 rings (SSSR count). The molecule has 0 amide bonds. The molecule has 0 saturated carbocycles. The maximum absolute atomic E-state index is 13.8.